The third kappa shape index (κ3) is 3.72. The molecule has 2 aromatic carbocycles. The van der Waals surface area contributed by atoms with Crippen molar-refractivity contribution in [2.24, 2.45) is 0 Å². The molecule has 8 heteroatoms. The highest BCUT2D eigenvalue weighted by Gasteiger charge is 2.18. The van der Waals surface area contributed by atoms with Crippen molar-refractivity contribution in [1.82, 2.24) is 0 Å². The van der Waals surface area contributed by atoms with Crippen molar-refractivity contribution in [3.8, 4) is 5.75 Å². The number of nitro benzene ring substituents is 1. The number of amides is 1. The second-order valence-corrected chi connectivity index (χ2v) is 5.52. The summed E-state index contributed by atoms with van der Waals surface area (Å²) in [5, 5.41) is 13.9. The minimum absolute atomic E-state index is 0.123. The van der Waals surface area contributed by atoms with E-state index in [1.807, 2.05) is 0 Å². The largest absolute Gasteiger partial charge is 0.494 e. The lowest BCUT2D eigenvalue weighted by molar-refractivity contribution is -0.384. The molecule has 0 saturated carbocycles. The van der Waals surface area contributed by atoms with Crippen molar-refractivity contribution in [3.05, 3.63) is 61.6 Å². The van der Waals surface area contributed by atoms with Crippen molar-refractivity contribution >= 4 is 40.5 Å². The molecular weight excluding hydrogens is 343 g/mol. The Balaban J connectivity index is 2.40. The van der Waals surface area contributed by atoms with Crippen LogP contribution < -0.4 is 10.1 Å². The van der Waals surface area contributed by atoms with E-state index in [0.717, 1.165) is 0 Å². The molecule has 0 bridgehead atoms. The van der Waals surface area contributed by atoms with Crippen LogP contribution in [0.4, 0.5) is 11.4 Å². The van der Waals surface area contributed by atoms with Crippen LogP contribution in [0.25, 0.3) is 0 Å². The van der Waals surface area contributed by atoms with E-state index < -0.39 is 10.8 Å². The Labute approximate surface area is 142 Å². The zero-order chi connectivity index (χ0) is 17.1. The molecule has 23 heavy (non-hydrogen) atoms. The highest BCUT2D eigenvalue weighted by atomic mass is 35.5. The summed E-state index contributed by atoms with van der Waals surface area (Å²) in [5.74, 6) is -0.355. The minimum atomic E-state index is -0.536. The van der Waals surface area contributed by atoms with Gasteiger partial charge in [-0.25, -0.2) is 0 Å². The third-order valence-corrected chi connectivity index (χ3v) is 3.64. The SMILES string of the molecule is COc1c(Cl)cc(Cl)cc1C(=O)Nc1cc([N+](=O)[O-])ccc1C. The number of nitrogens with one attached hydrogen (secondary N) is 1. The van der Waals surface area contributed by atoms with Gasteiger partial charge in [0.2, 0.25) is 0 Å². The van der Waals surface area contributed by atoms with E-state index in [9.17, 15) is 14.9 Å². The Hall–Kier alpha value is -2.31. The number of benzene rings is 2. The van der Waals surface area contributed by atoms with Gasteiger partial charge < -0.3 is 10.1 Å². The predicted molar refractivity (Wildman–Crippen MR) is 88.8 cm³/mol. The summed E-state index contributed by atoms with van der Waals surface area (Å²) in [6.45, 7) is 1.72. The Bertz CT molecular complexity index is 793. The van der Waals surface area contributed by atoms with E-state index in [1.54, 1.807) is 13.0 Å². The molecular formula is C15H12Cl2N2O4. The molecule has 0 aromatic heterocycles. The number of ether oxygens (including phenoxy) is 1. The average Bonchev–Trinajstić information content (AvgIpc) is 2.48. The van der Waals surface area contributed by atoms with Crippen LogP contribution in [0.5, 0.6) is 5.75 Å². The number of halogens is 2. The Morgan fingerprint density at radius 3 is 2.57 bits per heavy atom. The highest BCUT2D eigenvalue weighted by Crippen LogP contribution is 2.33. The zero-order valence-corrected chi connectivity index (χ0v) is 13.7. The van der Waals surface area contributed by atoms with E-state index in [4.69, 9.17) is 27.9 Å². The van der Waals surface area contributed by atoms with Gasteiger partial charge in [-0.1, -0.05) is 29.3 Å². The fourth-order valence-electron chi connectivity index (χ4n) is 1.98. The Morgan fingerprint density at radius 1 is 1.26 bits per heavy atom. The number of non-ortho nitro benzene ring substituents is 1. The summed E-state index contributed by atoms with van der Waals surface area (Å²) in [5.41, 5.74) is 1.01. The normalized spacial score (nSPS) is 10.3. The number of rotatable bonds is 4. The first kappa shape index (κ1) is 17.1. The molecule has 1 amide bonds. The summed E-state index contributed by atoms with van der Waals surface area (Å²) >= 11 is 11.9. The maximum absolute atomic E-state index is 12.5. The third-order valence-electron chi connectivity index (χ3n) is 3.14. The molecule has 6 nitrogen and oxygen atoms in total. The fraction of sp³-hybridized carbons (Fsp3) is 0.133. The number of anilines is 1. The number of nitro groups is 1. The van der Waals surface area contributed by atoms with Gasteiger partial charge in [-0.2, -0.15) is 0 Å². The maximum Gasteiger partial charge on any atom is 0.271 e. The van der Waals surface area contributed by atoms with Gasteiger partial charge in [0, 0.05) is 17.2 Å². The summed E-state index contributed by atoms with van der Waals surface area (Å²) < 4.78 is 5.12. The molecule has 0 atom stereocenters. The molecule has 0 aliphatic carbocycles. The first-order chi connectivity index (χ1) is 10.8. The lowest BCUT2D eigenvalue weighted by Crippen LogP contribution is -2.14. The molecule has 0 radical (unpaired) electrons. The quantitative estimate of drug-likeness (QED) is 0.648. The van der Waals surface area contributed by atoms with Crippen LogP contribution in [-0.4, -0.2) is 17.9 Å². The van der Waals surface area contributed by atoms with Crippen LogP contribution in [0.3, 0.4) is 0 Å². The first-order valence-electron chi connectivity index (χ1n) is 6.43. The van der Waals surface area contributed by atoms with Crippen LogP contribution >= 0.6 is 23.2 Å². The Kier molecular flexibility index (Phi) is 5.08. The molecule has 2 rings (SSSR count). The standard InChI is InChI=1S/C15H12Cl2N2O4/c1-8-3-4-10(19(21)22)7-13(8)18-15(20)11-5-9(16)6-12(17)14(11)23-2/h3-7H,1-2H3,(H,18,20). The number of methoxy groups -OCH3 is 1. The smallest absolute Gasteiger partial charge is 0.271 e. The van der Waals surface area contributed by atoms with Gasteiger partial charge in [-0.3, -0.25) is 14.9 Å². The molecule has 0 aliphatic heterocycles. The fourth-order valence-corrected chi connectivity index (χ4v) is 2.55. The monoisotopic (exact) mass is 354 g/mol. The summed E-state index contributed by atoms with van der Waals surface area (Å²) in [7, 11) is 1.38. The van der Waals surface area contributed by atoms with Gasteiger partial charge in [0.1, 0.15) is 5.75 Å². The van der Waals surface area contributed by atoms with Crippen LogP contribution in [0, 0.1) is 17.0 Å². The summed E-state index contributed by atoms with van der Waals surface area (Å²) in [4.78, 5) is 22.8. The van der Waals surface area contributed by atoms with Crippen molar-refractivity contribution in [3.63, 3.8) is 0 Å². The van der Waals surface area contributed by atoms with E-state index in [2.05, 4.69) is 5.32 Å². The van der Waals surface area contributed by atoms with Gasteiger partial charge >= 0.3 is 0 Å². The second-order valence-electron chi connectivity index (χ2n) is 4.68. The lowest BCUT2D eigenvalue weighted by atomic mass is 10.1. The first-order valence-corrected chi connectivity index (χ1v) is 7.18. The van der Waals surface area contributed by atoms with Crippen LogP contribution in [-0.2, 0) is 0 Å². The molecule has 0 heterocycles. The van der Waals surface area contributed by atoms with Crippen LogP contribution in [0.1, 0.15) is 15.9 Å². The van der Waals surface area contributed by atoms with Crippen molar-refractivity contribution < 1.29 is 14.5 Å². The minimum Gasteiger partial charge on any atom is -0.494 e. The van der Waals surface area contributed by atoms with Gasteiger partial charge in [-0.05, 0) is 24.6 Å². The number of hydrogen-bond acceptors (Lipinski definition) is 4. The predicted octanol–water partition coefficient (Wildman–Crippen LogP) is 4.47. The zero-order valence-electron chi connectivity index (χ0n) is 12.2. The maximum atomic E-state index is 12.5. The van der Waals surface area contributed by atoms with E-state index >= 15 is 0 Å². The van der Waals surface area contributed by atoms with Crippen molar-refractivity contribution in [2.75, 3.05) is 12.4 Å². The van der Waals surface area contributed by atoms with Gasteiger partial charge in [0.15, 0.2) is 0 Å². The summed E-state index contributed by atoms with van der Waals surface area (Å²) in [6.07, 6.45) is 0. The van der Waals surface area contributed by atoms with Crippen LogP contribution in [0.15, 0.2) is 30.3 Å². The van der Waals surface area contributed by atoms with E-state index in [0.29, 0.717) is 11.3 Å². The van der Waals surface area contributed by atoms with E-state index in [1.165, 1.54) is 31.4 Å². The molecule has 0 fully saturated rings. The van der Waals surface area contributed by atoms with Gasteiger partial charge in [0.05, 0.1) is 28.3 Å². The number of aryl methyl sites for hydroxylation is 1. The molecule has 0 saturated heterocycles. The van der Waals surface area contributed by atoms with E-state index in [-0.39, 0.29) is 27.0 Å². The molecule has 1 N–H and O–H groups in total. The topological polar surface area (TPSA) is 81.5 Å². The summed E-state index contributed by atoms with van der Waals surface area (Å²) in [6, 6.07) is 7.06. The van der Waals surface area contributed by atoms with Crippen molar-refractivity contribution in [2.45, 2.75) is 6.92 Å². The Morgan fingerprint density at radius 2 is 1.96 bits per heavy atom. The second kappa shape index (κ2) is 6.85. The van der Waals surface area contributed by atoms with Gasteiger partial charge in [-0.15, -0.1) is 0 Å². The molecule has 2 aromatic rings. The van der Waals surface area contributed by atoms with Crippen molar-refractivity contribution in [1.29, 1.82) is 0 Å². The highest BCUT2D eigenvalue weighted by molar-refractivity contribution is 6.36. The number of nitrogens with zero attached hydrogens (tertiary/aromatic N) is 1. The molecule has 0 aliphatic rings. The molecule has 0 unspecified atom stereocenters. The van der Waals surface area contributed by atoms with Gasteiger partial charge in [0.25, 0.3) is 11.6 Å². The molecule has 0 spiro atoms. The number of hydrogen-bond donors (Lipinski definition) is 1. The average molecular weight is 355 g/mol. The van der Waals surface area contributed by atoms with Crippen LogP contribution in [0.2, 0.25) is 10.0 Å². The lowest BCUT2D eigenvalue weighted by Gasteiger charge is -2.12. The number of carbonyl (C=O) groups excluding carboxylic acids is 1. The molecule has 120 valence electrons. The number of carbonyl (C=O) groups is 1.